The Balaban J connectivity index is 1.83. The number of benzene rings is 1. The van der Waals surface area contributed by atoms with Crippen LogP contribution in [0, 0.1) is 0 Å². The van der Waals surface area contributed by atoms with Crippen LogP contribution in [-0.4, -0.2) is 34.1 Å². The highest BCUT2D eigenvalue weighted by atomic mass is 32.1. The Kier molecular flexibility index (Phi) is 4.36. The Morgan fingerprint density at radius 1 is 1.36 bits per heavy atom. The maximum Gasteiger partial charge on any atom is 0.168 e. The Morgan fingerprint density at radius 2 is 2.09 bits per heavy atom. The zero-order valence-corrected chi connectivity index (χ0v) is 14.0. The SMILES string of the molecule is CC(C)N1CCC(c2c[nH]c3ccc(NC(N)=S)cc23)CC1. The van der Waals surface area contributed by atoms with Gasteiger partial charge in [-0.25, -0.2) is 0 Å². The molecule has 5 heteroatoms. The third-order valence-corrected chi connectivity index (χ3v) is 4.78. The van der Waals surface area contributed by atoms with Crippen LogP contribution in [0.15, 0.2) is 24.4 Å². The number of aromatic nitrogens is 1. The van der Waals surface area contributed by atoms with Crippen molar-refractivity contribution in [1.29, 1.82) is 0 Å². The highest BCUT2D eigenvalue weighted by Gasteiger charge is 2.23. The topological polar surface area (TPSA) is 57.1 Å². The van der Waals surface area contributed by atoms with Gasteiger partial charge in [-0.2, -0.15) is 0 Å². The lowest BCUT2D eigenvalue weighted by Gasteiger charge is -2.34. The van der Waals surface area contributed by atoms with Crippen molar-refractivity contribution in [2.45, 2.75) is 38.6 Å². The third kappa shape index (κ3) is 3.10. The van der Waals surface area contributed by atoms with Crippen LogP contribution < -0.4 is 11.1 Å². The molecule has 0 bridgehead atoms. The molecule has 2 aromatic rings. The molecule has 1 aliphatic rings. The molecule has 0 unspecified atom stereocenters. The van der Waals surface area contributed by atoms with E-state index in [-0.39, 0.29) is 0 Å². The van der Waals surface area contributed by atoms with E-state index in [9.17, 15) is 0 Å². The van der Waals surface area contributed by atoms with Crippen LogP contribution in [0.3, 0.4) is 0 Å². The molecule has 4 N–H and O–H groups in total. The molecule has 1 fully saturated rings. The lowest BCUT2D eigenvalue weighted by atomic mass is 9.88. The molecule has 1 aromatic carbocycles. The second-order valence-electron chi connectivity index (χ2n) is 6.40. The molecule has 3 rings (SSSR count). The summed E-state index contributed by atoms with van der Waals surface area (Å²) in [6, 6.07) is 6.88. The summed E-state index contributed by atoms with van der Waals surface area (Å²) in [5.74, 6) is 0.629. The van der Waals surface area contributed by atoms with E-state index in [1.165, 1.54) is 42.4 Å². The van der Waals surface area contributed by atoms with E-state index in [1.54, 1.807) is 0 Å². The summed E-state index contributed by atoms with van der Waals surface area (Å²) in [5.41, 5.74) is 9.13. The molecule has 118 valence electrons. The standard InChI is InChI=1S/C17H24N4S/c1-11(2)21-7-5-12(6-8-21)15-10-19-16-4-3-13(9-14(15)16)20-17(18)22/h3-4,9-12,19H,5-8H2,1-2H3,(H3,18,20,22). The number of aromatic amines is 1. The van der Waals surface area contributed by atoms with E-state index in [2.05, 4.69) is 47.4 Å². The zero-order valence-electron chi connectivity index (χ0n) is 13.2. The highest BCUT2D eigenvalue weighted by molar-refractivity contribution is 7.80. The lowest BCUT2D eigenvalue weighted by molar-refractivity contribution is 0.172. The molecule has 22 heavy (non-hydrogen) atoms. The quantitative estimate of drug-likeness (QED) is 0.760. The molecule has 4 nitrogen and oxygen atoms in total. The smallest absolute Gasteiger partial charge is 0.168 e. The number of H-pyrrole nitrogens is 1. The first-order valence-corrected chi connectivity index (χ1v) is 8.37. The summed E-state index contributed by atoms with van der Waals surface area (Å²) < 4.78 is 0. The molecule has 0 amide bonds. The van der Waals surface area contributed by atoms with Crippen molar-refractivity contribution in [3.05, 3.63) is 30.0 Å². The van der Waals surface area contributed by atoms with Crippen LogP contribution >= 0.6 is 12.2 Å². The molecule has 1 saturated heterocycles. The number of hydrogen-bond donors (Lipinski definition) is 3. The van der Waals surface area contributed by atoms with Crippen LogP contribution in [-0.2, 0) is 0 Å². The molecular formula is C17H24N4S. The van der Waals surface area contributed by atoms with Gasteiger partial charge in [0.05, 0.1) is 0 Å². The zero-order chi connectivity index (χ0) is 15.7. The number of thiocarbonyl (C=S) groups is 1. The van der Waals surface area contributed by atoms with Gasteiger partial charge < -0.3 is 20.9 Å². The van der Waals surface area contributed by atoms with E-state index in [0.29, 0.717) is 17.1 Å². The summed E-state index contributed by atoms with van der Waals surface area (Å²) in [7, 11) is 0. The fraction of sp³-hybridized carbons (Fsp3) is 0.471. The van der Waals surface area contributed by atoms with E-state index in [0.717, 1.165) is 5.69 Å². The number of nitrogens with one attached hydrogen (secondary N) is 2. The van der Waals surface area contributed by atoms with Crippen molar-refractivity contribution < 1.29 is 0 Å². The Morgan fingerprint density at radius 3 is 2.73 bits per heavy atom. The van der Waals surface area contributed by atoms with Gasteiger partial charge in [-0.1, -0.05) is 0 Å². The van der Waals surface area contributed by atoms with Crippen LogP contribution in [0.4, 0.5) is 5.69 Å². The summed E-state index contributed by atoms with van der Waals surface area (Å²) in [6.45, 7) is 6.92. The third-order valence-electron chi connectivity index (χ3n) is 4.68. The molecule has 1 aliphatic heterocycles. The maximum atomic E-state index is 5.58. The van der Waals surface area contributed by atoms with Crippen molar-refractivity contribution in [3.63, 3.8) is 0 Å². The average molecular weight is 316 g/mol. The maximum absolute atomic E-state index is 5.58. The number of nitrogens with two attached hydrogens (primary N) is 1. The van der Waals surface area contributed by atoms with Gasteiger partial charge in [0.1, 0.15) is 0 Å². The number of nitrogens with zero attached hydrogens (tertiary/aromatic N) is 1. The van der Waals surface area contributed by atoms with Gasteiger partial charge in [0, 0.05) is 28.8 Å². The minimum atomic E-state index is 0.307. The normalized spacial score (nSPS) is 17.2. The lowest BCUT2D eigenvalue weighted by Crippen LogP contribution is -2.37. The largest absolute Gasteiger partial charge is 0.376 e. The van der Waals surface area contributed by atoms with Crippen LogP contribution in [0.1, 0.15) is 38.2 Å². The van der Waals surface area contributed by atoms with Gasteiger partial charge >= 0.3 is 0 Å². The summed E-state index contributed by atoms with van der Waals surface area (Å²) in [4.78, 5) is 5.96. The van der Waals surface area contributed by atoms with E-state index < -0.39 is 0 Å². The molecular weight excluding hydrogens is 292 g/mol. The Labute approximate surface area is 137 Å². The number of rotatable bonds is 3. The predicted octanol–water partition coefficient (Wildman–Crippen LogP) is 3.41. The van der Waals surface area contributed by atoms with Gasteiger partial charge in [-0.15, -0.1) is 0 Å². The van der Waals surface area contributed by atoms with Crippen molar-refractivity contribution >= 4 is 33.9 Å². The fourth-order valence-electron chi connectivity index (χ4n) is 3.43. The van der Waals surface area contributed by atoms with Crippen molar-refractivity contribution in [3.8, 4) is 0 Å². The van der Waals surface area contributed by atoms with Gasteiger partial charge in [-0.3, -0.25) is 0 Å². The van der Waals surface area contributed by atoms with E-state index in [1.807, 2.05) is 6.07 Å². The average Bonchev–Trinajstić information content (AvgIpc) is 2.90. The van der Waals surface area contributed by atoms with E-state index in [4.69, 9.17) is 18.0 Å². The minimum absolute atomic E-state index is 0.307. The Hall–Kier alpha value is -1.59. The predicted molar refractivity (Wildman–Crippen MR) is 97.4 cm³/mol. The molecule has 2 heterocycles. The van der Waals surface area contributed by atoms with Crippen molar-refractivity contribution in [2.24, 2.45) is 5.73 Å². The van der Waals surface area contributed by atoms with Crippen LogP contribution in [0.5, 0.6) is 0 Å². The van der Waals surface area contributed by atoms with Gasteiger partial charge in [0.25, 0.3) is 0 Å². The highest BCUT2D eigenvalue weighted by Crippen LogP contribution is 2.34. The molecule has 0 atom stereocenters. The van der Waals surface area contributed by atoms with Crippen LogP contribution in [0.25, 0.3) is 10.9 Å². The van der Waals surface area contributed by atoms with Crippen LogP contribution in [0.2, 0.25) is 0 Å². The molecule has 1 aromatic heterocycles. The molecule has 0 radical (unpaired) electrons. The number of anilines is 1. The van der Waals surface area contributed by atoms with Gasteiger partial charge in [0.15, 0.2) is 5.11 Å². The van der Waals surface area contributed by atoms with Gasteiger partial charge in [-0.05, 0) is 81.7 Å². The molecule has 0 spiro atoms. The van der Waals surface area contributed by atoms with Crippen molar-refractivity contribution in [2.75, 3.05) is 18.4 Å². The first-order valence-electron chi connectivity index (χ1n) is 7.96. The summed E-state index contributed by atoms with van der Waals surface area (Å²) in [5, 5.41) is 4.61. The number of hydrogen-bond acceptors (Lipinski definition) is 2. The summed E-state index contributed by atoms with van der Waals surface area (Å²) >= 11 is 4.93. The first-order chi connectivity index (χ1) is 10.5. The van der Waals surface area contributed by atoms with Crippen molar-refractivity contribution in [1.82, 2.24) is 9.88 Å². The summed E-state index contributed by atoms with van der Waals surface area (Å²) in [6.07, 6.45) is 4.61. The van der Waals surface area contributed by atoms with Gasteiger partial charge in [0.2, 0.25) is 0 Å². The number of piperidine rings is 1. The molecule has 0 saturated carbocycles. The first kappa shape index (κ1) is 15.3. The Bertz CT molecular complexity index is 668. The fourth-order valence-corrected chi connectivity index (χ4v) is 3.54. The number of fused-ring (bicyclic) bond motifs is 1. The molecule has 0 aliphatic carbocycles. The second-order valence-corrected chi connectivity index (χ2v) is 6.84. The monoisotopic (exact) mass is 316 g/mol. The van der Waals surface area contributed by atoms with E-state index >= 15 is 0 Å². The minimum Gasteiger partial charge on any atom is -0.376 e. The second kappa shape index (κ2) is 6.26. The number of likely N-dealkylation sites (tertiary alicyclic amines) is 1.